The number of thiazole rings is 1. The minimum Gasteiger partial charge on any atom is -0.387 e. The van der Waals surface area contributed by atoms with E-state index in [1.165, 1.54) is 6.07 Å². The Bertz CT molecular complexity index is 608. The smallest absolute Gasteiger partial charge is 0.185 e. The van der Waals surface area contributed by atoms with Crippen molar-refractivity contribution in [2.24, 2.45) is 0 Å². The fourth-order valence-corrected chi connectivity index (χ4v) is 3.43. The number of aromatic nitrogens is 1. The van der Waals surface area contributed by atoms with Gasteiger partial charge in [-0.3, -0.25) is 0 Å². The van der Waals surface area contributed by atoms with E-state index in [0.29, 0.717) is 11.4 Å². The number of para-hydroxylation sites is 1. The average Bonchev–Trinajstić information content (AvgIpc) is 2.98. The summed E-state index contributed by atoms with van der Waals surface area (Å²) in [7, 11) is 0. The van der Waals surface area contributed by atoms with Crippen LogP contribution in [-0.2, 0) is 0 Å². The van der Waals surface area contributed by atoms with Crippen molar-refractivity contribution in [3.63, 3.8) is 0 Å². The molecule has 1 aliphatic rings. The summed E-state index contributed by atoms with van der Waals surface area (Å²) in [6.45, 7) is 4.87. The molecule has 0 aliphatic carbocycles. The first-order chi connectivity index (χ1) is 10.1. The Morgan fingerprint density at radius 3 is 2.48 bits per heavy atom. The third kappa shape index (κ3) is 3.01. The summed E-state index contributed by atoms with van der Waals surface area (Å²) in [5, 5.41) is 12.4. The maximum Gasteiger partial charge on any atom is 0.185 e. The van der Waals surface area contributed by atoms with Crippen LogP contribution in [0.2, 0.25) is 0 Å². The van der Waals surface area contributed by atoms with Crippen molar-refractivity contribution >= 4 is 22.2 Å². The molecule has 1 fully saturated rings. The van der Waals surface area contributed by atoms with Gasteiger partial charge < -0.3 is 14.9 Å². The van der Waals surface area contributed by atoms with Crippen molar-refractivity contribution < 1.29 is 9.50 Å². The van der Waals surface area contributed by atoms with Gasteiger partial charge in [0.25, 0.3) is 0 Å². The van der Waals surface area contributed by atoms with Gasteiger partial charge in [-0.05, 0) is 19.1 Å². The zero-order chi connectivity index (χ0) is 14.8. The summed E-state index contributed by atoms with van der Waals surface area (Å²) in [4.78, 5) is 8.70. The zero-order valence-electron chi connectivity index (χ0n) is 11.9. The van der Waals surface area contributed by atoms with Crippen LogP contribution >= 0.6 is 11.3 Å². The van der Waals surface area contributed by atoms with Crippen LogP contribution in [0.25, 0.3) is 0 Å². The third-order valence-corrected chi connectivity index (χ3v) is 4.60. The number of hydrogen-bond donors (Lipinski definition) is 1. The van der Waals surface area contributed by atoms with Gasteiger partial charge in [0.15, 0.2) is 5.13 Å². The molecule has 4 nitrogen and oxygen atoms in total. The molecule has 1 saturated heterocycles. The summed E-state index contributed by atoms with van der Waals surface area (Å²) in [6.07, 6.45) is -0.533. The summed E-state index contributed by atoms with van der Waals surface area (Å²) < 4.78 is 13.8. The zero-order valence-corrected chi connectivity index (χ0v) is 12.7. The number of anilines is 2. The normalized spacial score (nSPS) is 17.1. The Labute approximate surface area is 127 Å². The van der Waals surface area contributed by atoms with E-state index in [1.807, 2.05) is 17.5 Å². The molecule has 0 radical (unpaired) electrons. The standard InChI is InChI=1S/C15H18FN3OS/c1-11(20)13-10-21-15(17-13)19-8-6-18(7-9-19)14-5-3-2-4-12(14)16/h2-5,10-11,20H,6-9H2,1H3. The van der Waals surface area contributed by atoms with Crippen LogP contribution in [0, 0.1) is 5.82 Å². The molecule has 1 N–H and O–H groups in total. The Balaban J connectivity index is 1.66. The van der Waals surface area contributed by atoms with Crippen LogP contribution in [0.1, 0.15) is 18.7 Å². The Morgan fingerprint density at radius 2 is 1.86 bits per heavy atom. The largest absolute Gasteiger partial charge is 0.387 e. The highest BCUT2D eigenvalue weighted by molar-refractivity contribution is 7.13. The van der Waals surface area contributed by atoms with E-state index in [9.17, 15) is 9.50 Å². The second-order valence-corrected chi connectivity index (χ2v) is 5.99. The lowest BCUT2D eigenvalue weighted by molar-refractivity contribution is 0.195. The first-order valence-corrected chi connectivity index (χ1v) is 7.91. The number of rotatable bonds is 3. The molecule has 0 amide bonds. The van der Waals surface area contributed by atoms with Crippen molar-refractivity contribution in [2.75, 3.05) is 36.0 Å². The molecule has 0 saturated carbocycles. The van der Waals surface area contributed by atoms with Crippen LogP contribution in [0.3, 0.4) is 0 Å². The highest BCUT2D eigenvalue weighted by Gasteiger charge is 2.21. The lowest BCUT2D eigenvalue weighted by atomic mass is 10.2. The molecule has 1 aromatic carbocycles. The molecule has 1 aliphatic heterocycles. The summed E-state index contributed by atoms with van der Waals surface area (Å²) >= 11 is 1.55. The van der Waals surface area contributed by atoms with Crippen molar-refractivity contribution in [1.29, 1.82) is 0 Å². The predicted octanol–water partition coefficient (Wildman–Crippen LogP) is 2.66. The molecule has 1 unspecified atom stereocenters. The van der Waals surface area contributed by atoms with Gasteiger partial charge in [-0.2, -0.15) is 0 Å². The number of hydrogen-bond acceptors (Lipinski definition) is 5. The quantitative estimate of drug-likeness (QED) is 0.946. The monoisotopic (exact) mass is 307 g/mol. The topological polar surface area (TPSA) is 39.6 Å². The summed E-state index contributed by atoms with van der Waals surface area (Å²) in [5.74, 6) is -0.170. The minimum atomic E-state index is -0.533. The molecule has 2 heterocycles. The molecule has 3 rings (SSSR count). The Morgan fingerprint density at radius 1 is 1.19 bits per heavy atom. The average molecular weight is 307 g/mol. The molecular formula is C15H18FN3OS. The maximum atomic E-state index is 13.8. The summed E-state index contributed by atoms with van der Waals surface area (Å²) in [5.41, 5.74) is 1.38. The van der Waals surface area contributed by atoms with Crippen molar-refractivity contribution in [3.05, 3.63) is 41.2 Å². The van der Waals surface area contributed by atoms with Gasteiger partial charge in [0, 0.05) is 31.6 Å². The molecule has 1 atom stereocenters. The van der Waals surface area contributed by atoms with Gasteiger partial charge in [0.2, 0.25) is 0 Å². The van der Waals surface area contributed by atoms with Crippen LogP contribution in [0.5, 0.6) is 0 Å². The number of aliphatic hydroxyl groups is 1. The van der Waals surface area contributed by atoms with Crippen LogP contribution in [0.15, 0.2) is 29.6 Å². The predicted molar refractivity (Wildman–Crippen MR) is 83.6 cm³/mol. The van der Waals surface area contributed by atoms with Crippen LogP contribution in [0.4, 0.5) is 15.2 Å². The first kappa shape index (κ1) is 14.3. The van der Waals surface area contributed by atoms with Crippen molar-refractivity contribution in [1.82, 2.24) is 4.98 Å². The molecule has 6 heteroatoms. The number of benzene rings is 1. The second-order valence-electron chi connectivity index (χ2n) is 5.16. The third-order valence-electron chi connectivity index (χ3n) is 3.68. The molecule has 112 valence electrons. The van der Waals surface area contributed by atoms with Gasteiger partial charge in [-0.25, -0.2) is 9.37 Å². The molecule has 2 aromatic rings. The van der Waals surface area contributed by atoms with Crippen LogP contribution in [-0.4, -0.2) is 36.3 Å². The van der Waals surface area contributed by atoms with E-state index in [4.69, 9.17) is 0 Å². The van der Waals surface area contributed by atoms with Gasteiger partial charge in [-0.1, -0.05) is 12.1 Å². The highest BCUT2D eigenvalue weighted by Crippen LogP contribution is 2.26. The maximum absolute atomic E-state index is 13.8. The number of piperazine rings is 1. The lowest BCUT2D eigenvalue weighted by Crippen LogP contribution is -2.46. The highest BCUT2D eigenvalue weighted by atomic mass is 32.1. The van der Waals surface area contributed by atoms with E-state index in [2.05, 4.69) is 14.8 Å². The van der Waals surface area contributed by atoms with E-state index >= 15 is 0 Å². The van der Waals surface area contributed by atoms with Crippen molar-refractivity contribution in [2.45, 2.75) is 13.0 Å². The number of halogens is 1. The second kappa shape index (κ2) is 5.99. The Hall–Kier alpha value is -1.66. The molecule has 21 heavy (non-hydrogen) atoms. The van der Waals surface area contributed by atoms with Gasteiger partial charge in [-0.15, -0.1) is 11.3 Å². The van der Waals surface area contributed by atoms with Crippen LogP contribution < -0.4 is 9.80 Å². The molecular weight excluding hydrogens is 289 g/mol. The summed E-state index contributed by atoms with van der Waals surface area (Å²) in [6, 6.07) is 6.89. The SMILES string of the molecule is CC(O)c1csc(N2CCN(c3ccccc3F)CC2)n1. The van der Waals surface area contributed by atoms with E-state index in [-0.39, 0.29) is 5.82 Å². The molecule has 1 aromatic heterocycles. The van der Waals surface area contributed by atoms with Gasteiger partial charge in [0.05, 0.1) is 17.5 Å². The van der Waals surface area contributed by atoms with Gasteiger partial charge in [0.1, 0.15) is 5.82 Å². The van der Waals surface area contributed by atoms with Gasteiger partial charge >= 0.3 is 0 Å². The van der Waals surface area contributed by atoms with Crippen molar-refractivity contribution in [3.8, 4) is 0 Å². The fraction of sp³-hybridized carbons (Fsp3) is 0.400. The minimum absolute atomic E-state index is 0.170. The van der Waals surface area contributed by atoms with E-state index in [1.54, 1.807) is 24.3 Å². The number of aliphatic hydroxyl groups excluding tert-OH is 1. The Kier molecular flexibility index (Phi) is 4.07. The first-order valence-electron chi connectivity index (χ1n) is 7.03. The van der Waals surface area contributed by atoms with E-state index < -0.39 is 6.10 Å². The molecule has 0 spiro atoms. The number of nitrogens with zero attached hydrogens (tertiary/aromatic N) is 3. The fourth-order valence-electron chi connectivity index (χ4n) is 2.46. The lowest BCUT2D eigenvalue weighted by Gasteiger charge is -2.36. The molecule has 0 bridgehead atoms. The van der Waals surface area contributed by atoms with E-state index in [0.717, 1.165) is 31.3 Å².